The number of nitrogens with one attached hydrogen (secondary N) is 1. The molecule has 1 N–H and O–H groups in total. The topological polar surface area (TPSA) is 95.6 Å². The number of methoxy groups -OCH3 is 3. The molecule has 0 aromatic heterocycles. The van der Waals surface area contributed by atoms with E-state index in [1.807, 2.05) is 30.3 Å². The summed E-state index contributed by atoms with van der Waals surface area (Å²) in [7, 11) is 4.47. The summed E-state index contributed by atoms with van der Waals surface area (Å²) >= 11 is 0. The first-order valence-corrected chi connectivity index (χ1v) is 11.4. The van der Waals surface area contributed by atoms with Crippen molar-refractivity contribution in [3.05, 3.63) is 66.2 Å². The lowest BCUT2D eigenvalue weighted by molar-refractivity contribution is -0.125. The molecule has 0 saturated heterocycles. The number of rotatable bonds is 9. The predicted octanol–water partition coefficient (Wildman–Crippen LogP) is 4.16. The van der Waals surface area contributed by atoms with E-state index in [1.165, 1.54) is 21.3 Å². The standard InChI is InChI=1S/C27H28N2O7/c1-17-27(31)29(12-13-35-20-8-6-5-7-9-20)21-11-10-19(16-22(21)36-17)28-26(30)18-14-23(32-2)25(34-4)24(15-18)33-3/h5-11,14-17H,12-13H2,1-4H3,(H,28,30). The first kappa shape index (κ1) is 24.7. The van der Waals surface area contributed by atoms with Crippen LogP contribution in [0.1, 0.15) is 17.3 Å². The average Bonchev–Trinajstić information content (AvgIpc) is 2.90. The van der Waals surface area contributed by atoms with Gasteiger partial charge in [-0.3, -0.25) is 9.59 Å². The Balaban J connectivity index is 1.51. The van der Waals surface area contributed by atoms with Crippen LogP contribution in [0.2, 0.25) is 0 Å². The first-order chi connectivity index (χ1) is 17.4. The van der Waals surface area contributed by atoms with Crippen molar-refractivity contribution in [3.63, 3.8) is 0 Å². The number of para-hydroxylation sites is 1. The molecular formula is C27H28N2O7. The minimum Gasteiger partial charge on any atom is -0.493 e. The highest BCUT2D eigenvalue weighted by Gasteiger charge is 2.31. The Kier molecular flexibility index (Phi) is 7.48. The van der Waals surface area contributed by atoms with Crippen LogP contribution in [0.15, 0.2) is 60.7 Å². The molecule has 0 bridgehead atoms. The monoisotopic (exact) mass is 492 g/mol. The number of hydrogen-bond acceptors (Lipinski definition) is 7. The molecule has 0 fully saturated rings. The number of hydrogen-bond donors (Lipinski definition) is 1. The highest BCUT2D eigenvalue weighted by atomic mass is 16.5. The van der Waals surface area contributed by atoms with Crippen molar-refractivity contribution in [3.8, 4) is 28.7 Å². The smallest absolute Gasteiger partial charge is 0.267 e. The molecule has 9 nitrogen and oxygen atoms in total. The number of anilines is 2. The fourth-order valence-corrected chi connectivity index (χ4v) is 3.91. The normalized spacial score (nSPS) is 14.4. The largest absolute Gasteiger partial charge is 0.493 e. The molecule has 0 spiro atoms. The fraction of sp³-hybridized carbons (Fsp3) is 0.259. The van der Waals surface area contributed by atoms with E-state index < -0.39 is 6.10 Å². The highest BCUT2D eigenvalue weighted by molar-refractivity contribution is 6.06. The van der Waals surface area contributed by atoms with E-state index in [0.717, 1.165) is 5.75 Å². The molecule has 3 aromatic carbocycles. The summed E-state index contributed by atoms with van der Waals surface area (Å²) < 4.78 is 27.6. The average molecular weight is 493 g/mol. The van der Waals surface area contributed by atoms with Crippen LogP contribution in [0, 0.1) is 0 Å². The molecule has 3 aromatic rings. The van der Waals surface area contributed by atoms with Gasteiger partial charge in [0.15, 0.2) is 17.6 Å². The third-order valence-electron chi connectivity index (χ3n) is 5.68. The first-order valence-electron chi connectivity index (χ1n) is 11.4. The fourth-order valence-electron chi connectivity index (χ4n) is 3.91. The Morgan fingerprint density at radius 2 is 1.67 bits per heavy atom. The van der Waals surface area contributed by atoms with E-state index in [0.29, 0.717) is 53.1 Å². The number of amides is 2. The zero-order chi connectivity index (χ0) is 25.7. The molecule has 1 heterocycles. The second-order valence-corrected chi connectivity index (χ2v) is 7.96. The lowest BCUT2D eigenvalue weighted by atomic mass is 10.1. The number of carbonyl (C=O) groups excluding carboxylic acids is 2. The predicted molar refractivity (Wildman–Crippen MR) is 135 cm³/mol. The molecule has 188 valence electrons. The highest BCUT2D eigenvalue weighted by Crippen LogP contribution is 2.39. The minimum absolute atomic E-state index is 0.159. The van der Waals surface area contributed by atoms with Gasteiger partial charge in [-0.15, -0.1) is 0 Å². The van der Waals surface area contributed by atoms with Crippen LogP contribution in [-0.2, 0) is 4.79 Å². The molecule has 9 heteroatoms. The van der Waals surface area contributed by atoms with Crippen molar-refractivity contribution in [1.29, 1.82) is 0 Å². The minimum atomic E-state index is -0.671. The Bertz CT molecular complexity index is 1220. The summed E-state index contributed by atoms with van der Waals surface area (Å²) in [5.41, 5.74) is 1.45. The van der Waals surface area contributed by atoms with Crippen LogP contribution in [0.3, 0.4) is 0 Å². The molecule has 36 heavy (non-hydrogen) atoms. The SMILES string of the molecule is COc1cc(C(=O)Nc2ccc3c(c2)OC(C)C(=O)N3CCOc2ccccc2)cc(OC)c1OC. The van der Waals surface area contributed by atoms with Crippen molar-refractivity contribution in [2.45, 2.75) is 13.0 Å². The van der Waals surface area contributed by atoms with Crippen LogP contribution in [0.25, 0.3) is 0 Å². The van der Waals surface area contributed by atoms with Crippen LogP contribution >= 0.6 is 0 Å². The van der Waals surface area contributed by atoms with E-state index in [4.69, 9.17) is 23.7 Å². The van der Waals surface area contributed by atoms with E-state index in [1.54, 1.807) is 42.2 Å². The van der Waals surface area contributed by atoms with Crippen LogP contribution < -0.4 is 33.9 Å². The second kappa shape index (κ2) is 10.9. The molecule has 0 saturated carbocycles. The van der Waals surface area contributed by atoms with E-state index in [2.05, 4.69) is 5.32 Å². The van der Waals surface area contributed by atoms with Crippen molar-refractivity contribution in [2.75, 3.05) is 44.7 Å². The van der Waals surface area contributed by atoms with Gasteiger partial charge in [-0.25, -0.2) is 0 Å². The third kappa shape index (κ3) is 5.14. The van der Waals surface area contributed by atoms with Crippen molar-refractivity contribution < 1.29 is 33.3 Å². The van der Waals surface area contributed by atoms with Gasteiger partial charge >= 0.3 is 0 Å². The van der Waals surface area contributed by atoms with Gasteiger partial charge in [0.2, 0.25) is 5.75 Å². The number of fused-ring (bicyclic) bond motifs is 1. The zero-order valence-electron chi connectivity index (χ0n) is 20.6. The van der Waals surface area contributed by atoms with Gasteiger partial charge in [0.05, 0.1) is 33.6 Å². The van der Waals surface area contributed by atoms with Gasteiger partial charge in [0.25, 0.3) is 11.8 Å². The van der Waals surface area contributed by atoms with Gasteiger partial charge in [-0.2, -0.15) is 0 Å². The van der Waals surface area contributed by atoms with Gasteiger partial charge in [0, 0.05) is 17.3 Å². The quantitative estimate of drug-likeness (QED) is 0.479. The number of benzene rings is 3. The van der Waals surface area contributed by atoms with E-state index in [-0.39, 0.29) is 11.8 Å². The summed E-state index contributed by atoms with van der Waals surface area (Å²) in [6.07, 6.45) is -0.671. The van der Waals surface area contributed by atoms with E-state index >= 15 is 0 Å². The summed E-state index contributed by atoms with van der Waals surface area (Å²) in [5.74, 6) is 1.83. The van der Waals surface area contributed by atoms with Gasteiger partial charge < -0.3 is 33.9 Å². The number of nitrogens with zero attached hydrogens (tertiary/aromatic N) is 1. The Morgan fingerprint density at radius 3 is 2.31 bits per heavy atom. The summed E-state index contributed by atoms with van der Waals surface area (Å²) in [6.45, 7) is 2.37. The van der Waals surface area contributed by atoms with E-state index in [9.17, 15) is 9.59 Å². The molecule has 1 atom stereocenters. The lowest BCUT2D eigenvalue weighted by Gasteiger charge is -2.33. The Labute approximate surface area is 209 Å². The van der Waals surface area contributed by atoms with Crippen molar-refractivity contribution in [1.82, 2.24) is 0 Å². The molecule has 1 aliphatic rings. The summed E-state index contributed by atoms with van der Waals surface area (Å²) in [6, 6.07) is 17.7. The Morgan fingerprint density at radius 1 is 0.972 bits per heavy atom. The zero-order valence-corrected chi connectivity index (χ0v) is 20.6. The lowest BCUT2D eigenvalue weighted by Crippen LogP contribution is -2.46. The number of ether oxygens (including phenoxy) is 5. The van der Waals surface area contributed by atoms with Gasteiger partial charge in [-0.05, 0) is 43.3 Å². The van der Waals surface area contributed by atoms with Gasteiger partial charge in [-0.1, -0.05) is 18.2 Å². The third-order valence-corrected chi connectivity index (χ3v) is 5.68. The Hall–Kier alpha value is -4.40. The van der Waals surface area contributed by atoms with Gasteiger partial charge in [0.1, 0.15) is 18.1 Å². The van der Waals surface area contributed by atoms with Crippen molar-refractivity contribution >= 4 is 23.2 Å². The molecule has 2 amide bonds. The maximum absolute atomic E-state index is 13.0. The molecule has 1 aliphatic heterocycles. The van der Waals surface area contributed by atoms with Crippen LogP contribution in [0.4, 0.5) is 11.4 Å². The van der Waals surface area contributed by atoms with Crippen molar-refractivity contribution in [2.24, 2.45) is 0 Å². The summed E-state index contributed by atoms with van der Waals surface area (Å²) in [5, 5.41) is 2.85. The molecule has 0 aliphatic carbocycles. The maximum atomic E-state index is 13.0. The summed E-state index contributed by atoms with van der Waals surface area (Å²) in [4.78, 5) is 27.4. The number of carbonyl (C=O) groups is 2. The molecule has 1 unspecified atom stereocenters. The second-order valence-electron chi connectivity index (χ2n) is 7.96. The molecule has 4 rings (SSSR count). The van der Waals surface area contributed by atoms with Crippen LogP contribution in [-0.4, -0.2) is 52.4 Å². The molecule has 0 radical (unpaired) electrons. The van der Waals surface area contributed by atoms with Crippen LogP contribution in [0.5, 0.6) is 28.7 Å². The maximum Gasteiger partial charge on any atom is 0.267 e. The molecular weight excluding hydrogens is 464 g/mol.